The molecule has 178 valence electrons. The molecule has 0 saturated carbocycles. The Hall–Kier alpha value is -3.81. The van der Waals surface area contributed by atoms with E-state index in [2.05, 4.69) is 5.32 Å². The fourth-order valence-electron chi connectivity index (χ4n) is 3.78. The van der Waals surface area contributed by atoms with Crippen molar-refractivity contribution in [2.24, 2.45) is 7.05 Å². The Kier molecular flexibility index (Phi) is 7.10. The number of amides is 1. The summed E-state index contributed by atoms with van der Waals surface area (Å²) in [7, 11) is 2.94. The highest BCUT2D eigenvalue weighted by Gasteiger charge is 2.23. The van der Waals surface area contributed by atoms with Gasteiger partial charge in [-0.15, -0.1) is 0 Å². The lowest BCUT2D eigenvalue weighted by atomic mass is 9.97. The van der Waals surface area contributed by atoms with Crippen molar-refractivity contribution in [2.75, 3.05) is 19.0 Å². The molecule has 1 heterocycles. The van der Waals surface area contributed by atoms with Crippen LogP contribution in [0.25, 0.3) is 21.9 Å². The van der Waals surface area contributed by atoms with Crippen molar-refractivity contribution >= 4 is 51.5 Å². The standard InChI is InChI=1S/C26H20Cl2N2O5/c1-30-24(26(33)35-14-22(31)29-20-13-17(28)11-12-21(20)34-2)23(15-7-9-16(27)10-8-15)18-5-3-4-6-19(18)25(30)32/h3-13H,14H2,1-2H3,(H,29,31). The SMILES string of the molecule is COc1ccc(Cl)cc1NC(=O)COC(=O)c1c(-c2ccc(Cl)cc2)c2ccccc2c(=O)n1C. The fraction of sp³-hybridized carbons (Fsp3) is 0.115. The number of benzene rings is 3. The van der Waals surface area contributed by atoms with Crippen LogP contribution in [0.3, 0.4) is 0 Å². The van der Waals surface area contributed by atoms with Gasteiger partial charge in [0.2, 0.25) is 0 Å². The Morgan fingerprint density at radius 2 is 1.60 bits per heavy atom. The number of nitrogens with zero attached hydrogens (tertiary/aromatic N) is 1. The second-order valence-electron chi connectivity index (χ2n) is 7.61. The minimum absolute atomic E-state index is 0.0177. The maximum atomic E-state index is 13.2. The first-order valence-electron chi connectivity index (χ1n) is 10.5. The zero-order valence-electron chi connectivity index (χ0n) is 18.8. The van der Waals surface area contributed by atoms with E-state index >= 15 is 0 Å². The molecule has 0 bridgehead atoms. The minimum atomic E-state index is -0.825. The largest absolute Gasteiger partial charge is 0.495 e. The average molecular weight is 511 g/mol. The van der Waals surface area contributed by atoms with E-state index in [9.17, 15) is 14.4 Å². The van der Waals surface area contributed by atoms with Gasteiger partial charge in [-0.3, -0.25) is 9.59 Å². The van der Waals surface area contributed by atoms with E-state index in [1.807, 2.05) is 0 Å². The van der Waals surface area contributed by atoms with Gasteiger partial charge in [0, 0.05) is 28.0 Å². The van der Waals surface area contributed by atoms with Crippen molar-refractivity contribution in [3.8, 4) is 16.9 Å². The summed E-state index contributed by atoms with van der Waals surface area (Å²) in [5.74, 6) is -1.03. The second-order valence-corrected chi connectivity index (χ2v) is 8.48. The summed E-state index contributed by atoms with van der Waals surface area (Å²) in [6, 6.07) is 18.6. The molecule has 0 fully saturated rings. The number of carbonyl (C=O) groups excluding carboxylic acids is 2. The number of halogens is 2. The van der Waals surface area contributed by atoms with Crippen LogP contribution in [0, 0.1) is 0 Å². The smallest absolute Gasteiger partial charge is 0.356 e. The number of nitrogens with one attached hydrogen (secondary N) is 1. The number of fused-ring (bicyclic) bond motifs is 1. The molecule has 0 unspecified atom stereocenters. The van der Waals surface area contributed by atoms with E-state index in [0.29, 0.717) is 43.4 Å². The molecule has 4 aromatic rings. The summed E-state index contributed by atoms with van der Waals surface area (Å²) in [4.78, 5) is 38.7. The van der Waals surface area contributed by atoms with Crippen LogP contribution in [0.1, 0.15) is 10.5 Å². The van der Waals surface area contributed by atoms with E-state index in [0.717, 1.165) is 0 Å². The molecule has 0 aliphatic rings. The van der Waals surface area contributed by atoms with Crippen LogP contribution in [0.4, 0.5) is 5.69 Å². The van der Waals surface area contributed by atoms with Gasteiger partial charge in [-0.25, -0.2) is 4.79 Å². The summed E-state index contributed by atoms with van der Waals surface area (Å²) in [5, 5.41) is 4.56. The first-order valence-corrected chi connectivity index (χ1v) is 11.2. The van der Waals surface area contributed by atoms with E-state index in [1.54, 1.807) is 60.7 Å². The molecule has 0 atom stereocenters. The Morgan fingerprint density at radius 1 is 0.943 bits per heavy atom. The first-order chi connectivity index (χ1) is 16.8. The second kappa shape index (κ2) is 10.2. The molecule has 3 aromatic carbocycles. The van der Waals surface area contributed by atoms with Gasteiger partial charge in [-0.2, -0.15) is 0 Å². The molecule has 35 heavy (non-hydrogen) atoms. The monoisotopic (exact) mass is 510 g/mol. The summed E-state index contributed by atoms with van der Waals surface area (Å²) < 4.78 is 11.8. The highest BCUT2D eigenvalue weighted by molar-refractivity contribution is 6.31. The first kappa shape index (κ1) is 24.3. The Morgan fingerprint density at radius 3 is 2.29 bits per heavy atom. The molecule has 0 radical (unpaired) electrons. The van der Waals surface area contributed by atoms with Crippen molar-refractivity contribution in [1.82, 2.24) is 4.57 Å². The van der Waals surface area contributed by atoms with Gasteiger partial charge in [0.25, 0.3) is 11.5 Å². The van der Waals surface area contributed by atoms with Crippen LogP contribution in [0.2, 0.25) is 10.0 Å². The van der Waals surface area contributed by atoms with Crippen molar-refractivity contribution in [2.45, 2.75) is 0 Å². The minimum Gasteiger partial charge on any atom is -0.495 e. The number of hydrogen-bond acceptors (Lipinski definition) is 5. The lowest BCUT2D eigenvalue weighted by molar-refractivity contribution is -0.119. The molecule has 4 rings (SSSR count). The van der Waals surface area contributed by atoms with Gasteiger partial charge >= 0.3 is 5.97 Å². The van der Waals surface area contributed by atoms with Crippen molar-refractivity contribution < 1.29 is 19.1 Å². The van der Waals surface area contributed by atoms with Crippen LogP contribution in [0.15, 0.2) is 71.5 Å². The molecule has 0 aliphatic carbocycles. The lowest BCUT2D eigenvalue weighted by Crippen LogP contribution is -2.28. The molecule has 0 aliphatic heterocycles. The highest BCUT2D eigenvalue weighted by atomic mass is 35.5. The fourth-order valence-corrected chi connectivity index (χ4v) is 4.07. The predicted molar refractivity (Wildman–Crippen MR) is 137 cm³/mol. The van der Waals surface area contributed by atoms with Crippen LogP contribution in [0.5, 0.6) is 5.75 Å². The Labute approximate surface area is 210 Å². The molecular formula is C26H20Cl2N2O5. The van der Waals surface area contributed by atoms with E-state index in [1.165, 1.54) is 24.8 Å². The van der Waals surface area contributed by atoms with Crippen LogP contribution in [-0.2, 0) is 16.6 Å². The molecule has 0 spiro atoms. The van der Waals surface area contributed by atoms with Gasteiger partial charge < -0.3 is 19.4 Å². The Bertz CT molecular complexity index is 1500. The quantitative estimate of drug-likeness (QED) is 0.355. The van der Waals surface area contributed by atoms with Crippen LogP contribution in [-0.4, -0.2) is 30.2 Å². The number of carbonyl (C=O) groups is 2. The zero-order valence-corrected chi connectivity index (χ0v) is 20.3. The van der Waals surface area contributed by atoms with Crippen molar-refractivity contribution in [3.63, 3.8) is 0 Å². The number of pyridine rings is 1. The topological polar surface area (TPSA) is 86.6 Å². The maximum absolute atomic E-state index is 13.2. The zero-order chi connectivity index (χ0) is 25.1. The summed E-state index contributed by atoms with van der Waals surface area (Å²) in [5.41, 5.74) is 1.16. The van der Waals surface area contributed by atoms with E-state index in [4.69, 9.17) is 32.7 Å². The maximum Gasteiger partial charge on any atom is 0.356 e. The molecule has 0 saturated heterocycles. The highest BCUT2D eigenvalue weighted by Crippen LogP contribution is 2.32. The van der Waals surface area contributed by atoms with Gasteiger partial charge in [0.1, 0.15) is 11.4 Å². The van der Waals surface area contributed by atoms with E-state index in [-0.39, 0.29) is 11.3 Å². The molecule has 9 heteroatoms. The average Bonchev–Trinajstić information content (AvgIpc) is 2.85. The summed E-state index contributed by atoms with van der Waals surface area (Å²) in [6.07, 6.45) is 0. The summed E-state index contributed by atoms with van der Waals surface area (Å²) in [6.45, 7) is -0.588. The Balaban J connectivity index is 1.68. The third kappa shape index (κ3) is 5.01. The lowest BCUT2D eigenvalue weighted by Gasteiger charge is -2.17. The number of methoxy groups -OCH3 is 1. The number of hydrogen-bond donors (Lipinski definition) is 1. The third-order valence-corrected chi connectivity index (χ3v) is 5.89. The molecule has 1 N–H and O–H groups in total. The number of esters is 1. The molecule has 7 nitrogen and oxygen atoms in total. The number of anilines is 1. The normalized spacial score (nSPS) is 10.7. The molecular weight excluding hydrogens is 491 g/mol. The van der Waals surface area contributed by atoms with E-state index < -0.39 is 18.5 Å². The number of rotatable bonds is 6. The van der Waals surface area contributed by atoms with Crippen LogP contribution < -0.4 is 15.6 Å². The van der Waals surface area contributed by atoms with Gasteiger partial charge in [-0.1, -0.05) is 53.5 Å². The third-order valence-electron chi connectivity index (χ3n) is 5.40. The van der Waals surface area contributed by atoms with Crippen molar-refractivity contribution in [3.05, 3.63) is 92.8 Å². The van der Waals surface area contributed by atoms with Crippen molar-refractivity contribution in [1.29, 1.82) is 0 Å². The predicted octanol–water partition coefficient (Wildman–Crippen LogP) is 5.32. The van der Waals surface area contributed by atoms with Gasteiger partial charge in [0.15, 0.2) is 6.61 Å². The molecule has 1 aromatic heterocycles. The molecule has 1 amide bonds. The number of aromatic nitrogens is 1. The van der Waals surface area contributed by atoms with Gasteiger partial charge in [-0.05, 0) is 47.3 Å². The van der Waals surface area contributed by atoms with Crippen LogP contribution >= 0.6 is 23.2 Å². The summed E-state index contributed by atoms with van der Waals surface area (Å²) >= 11 is 12.0. The van der Waals surface area contributed by atoms with Gasteiger partial charge in [0.05, 0.1) is 12.8 Å². The number of ether oxygens (including phenoxy) is 2.